The van der Waals surface area contributed by atoms with Gasteiger partial charge in [-0.25, -0.2) is 4.79 Å². The molecule has 1 aromatic heterocycles. The standard InChI is InChI=1S/C24H20Cl2N2O4/c1-24(2)11-17-20(18(29)12-24)21(13-7-9-14(10-8-13)23(31)32-3)27-28(17)22(30)19-15(25)5-4-6-16(19)26/h4-10H,11-12H2,1-3H3. The van der Waals surface area contributed by atoms with Gasteiger partial charge in [0.05, 0.1) is 39.5 Å². The van der Waals surface area contributed by atoms with E-state index in [2.05, 4.69) is 5.10 Å². The summed E-state index contributed by atoms with van der Waals surface area (Å²) >= 11 is 12.5. The van der Waals surface area contributed by atoms with Crippen LogP contribution in [0, 0.1) is 5.41 Å². The van der Waals surface area contributed by atoms with Crippen molar-refractivity contribution in [3.05, 3.63) is 74.9 Å². The lowest BCUT2D eigenvalue weighted by molar-refractivity contribution is 0.0600. The van der Waals surface area contributed by atoms with E-state index < -0.39 is 11.9 Å². The first-order valence-corrected chi connectivity index (χ1v) is 10.7. The van der Waals surface area contributed by atoms with Crippen LogP contribution in [0.4, 0.5) is 0 Å². The first-order valence-electron chi connectivity index (χ1n) is 9.95. The Hall–Kier alpha value is -2.96. The number of ketones is 1. The number of hydrogen-bond donors (Lipinski definition) is 0. The van der Waals surface area contributed by atoms with Crippen molar-refractivity contribution in [1.82, 2.24) is 9.78 Å². The van der Waals surface area contributed by atoms with Crippen LogP contribution in [-0.4, -0.2) is 34.6 Å². The average molecular weight is 471 g/mol. The molecular formula is C24H20Cl2N2O4. The lowest BCUT2D eigenvalue weighted by Crippen LogP contribution is -2.30. The zero-order valence-corrected chi connectivity index (χ0v) is 19.3. The summed E-state index contributed by atoms with van der Waals surface area (Å²) < 4.78 is 5.98. The number of esters is 1. The molecule has 0 saturated heterocycles. The van der Waals surface area contributed by atoms with Gasteiger partial charge in [-0.1, -0.05) is 55.2 Å². The highest BCUT2D eigenvalue weighted by atomic mass is 35.5. The minimum Gasteiger partial charge on any atom is -0.465 e. The van der Waals surface area contributed by atoms with E-state index in [1.807, 2.05) is 13.8 Å². The number of rotatable bonds is 3. The SMILES string of the molecule is COC(=O)c1ccc(-c2nn(C(=O)c3c(Cl)cccc3Cl)c3c2C(=O)CC(C)(C)C3)cc1. The Bertz CT molecular complexity index is 1240. The zero-order chi connectivity index (χ0) is 23.2. The minimum absolute atomic E-state index is 0.0902. The Kier molecular flexibility index (Phi) is 5.69. The number of benzene rings is 2. The molecule has 2 aromatic carbocycles. The molecule has 8 heteroatoms. The van der Waals surface area contributed by atoms with Gasteiger partial charge in [0.25, 0.3) is 5.91 Å². The smallest absolute Gasteiger partial charge is 0.337 e. The summed E-state index contributed by atoms with van der Waals surface area (Å²) in [5, 5.41) is 4.96. The molecule has 0 unspecified atom stereocenters. The summed E-state index contributed by atoms with van der Waals surface area (Å²) in [6, 6.07) is 11.4. The summed E-state index contributed by atoms with van der Waals surface area (Å²) in [5.74, 6) is -1.06. The molecule has 4 rings (SSSR count). The molecule has 0 saturated carbocycles. The van der Waals surface area contributed by atoms with Gasteiger partial charge in [-0.15, -0.1) is 0 Å². The van der Waals surface area contributed by atoms with Gasteiger partial charge in [0.1, 0.15) is 5.69 Å². The summed E-state index contributed by atoms with van der Waals surface area (Å²) in [6.45, 7) is 3.95. The number of carbonyl (C=O) groups excluding carboxylic acids is 3. The van der Waals surface area contributed by atoms with E-state index in [0.29, 0.717) is 40.9 Å². The Morgan fingerprint density at radius 2 is 1.66 bits per heavy atom. The molecule has 164 valence electrons. The van der Waals surface area contributed by atoms with E-state index in [4.69, 9.17) is 27.9 Å². The minimum atomic E-state index is -0.500. The molecule has 0 atom stereocenters. The second-order valence-corrected chi connectivity index (χ2v) is 9.31. The van der Waals surface area contributed by atoms with Crippen molar-refractivity contribution in [3.63, 3.8) is 0 Å². The number of Topliss-reactive ketones (excluding diaryl/α,β-unsaturated/α-hetero) is 1. The van der Waals surface area contributed by atoms with Gasteiger partial charge in [-0.05, 0) is 36.1 Å². The van der Waals surface area contributed by atoms with Crippen LogP contribution in [0.5, 0.6) is 0 Å². The number of halogens is 2. The van der Waals surface area contributed by atoms with E-state index in [1.165, 1.54) is 11.8 Å². The van der Waals surface area contributed by atoms with E-state index in [0.717, 1.165) is 0 Å². The number of carbonyl (C=O) groups is 3. The molecule has 0 spiro atoms. The lowest BCUT2D eigenvalue weighted by Gasteiger charge is -2.29. The molecule has 3 aromatic rings. The van der Waals surface area contributed by atoms with Crippen LogP contribution >= 0.6 is 23.2 Å². The lowest BCUT2D eigenvalue weighted by atomic mass is 9.75. The van der Waals surface area contributed by atoms with Crippen LogP contribution in [0.25, 0.3) is 11.3 Å². The Balaban J connectivity index is 1.90. The van der Waals surface area contributed by atoms with Gasteiger partial charge >= 0.3 is 5.97 Å². The molecule has 0 aliphatic heterocycles. The molecule has 6 nitrogen and oxygen atoms in total. The van der Waals surface area contributed by atoms with E-state index >= 15 is 0 Å². The van der Waals surface area contributed by atoms with Crippen molar-refractivity contribution < 1.29 is 19.1 Å². The molecular weight excluding hydrogens is 451 g/mol. The van der Waals surface area contributed by atoms with Crippen LogP contribution in [0.15, 0.2) is 42.5 Å². The Labute approximate surface area is 195 Å². The first-order chi connectivity index (χ1) is 15.1. The number of methoxy groups -OCH3 is 1. The molecule has 0 N–H and O–H groups in total. The number of aromatic nitrogens is 2. The van der Waals surface area contributed by atoms with Crippen molar-refractivity contribution in [3.8, 4) is 11.3 Å². The number of hydrogen-bond acceptors (Lipinski definition) is 5. The van der Waals surface area contributed by atoms with Crippen molar-refractivity contribution in [2.45, 2.75) is 26.7 Å². The van der Waals surface area contributed by atoms with Gasteiger partial charge in [-0.2, -0.15) is 9.78 Å². The van der Waals surface area contributed by atoms with Gasteiger partial charge in [0.2, 0.25) is 0 Å². The summed E-state index contributed by atoms with van der Waals surface area (Å²) in [5.41, 5.74) is 2.09. The Morgan fingerprint density at radius 1 is 1.03 bits per heavy atom. The fraction of sp³-hybridized carbons (Fsp3) is 0.250. The molecule has 0 radical (unpaired) electrons. The molecule has 32 heavy (non-hydrogen) atoms. The van der Waals surface area contributed by atoms with Gasteiger partial charge in [0, 0.05) is 12.0 Å². The van der Waals surface area contributed by atoms with Crippen molar-refractivity contribution in [2.24, 2.45) is 5.41 Å². The van der Waals surface area contributed by atoms with Crippen LogP contribution in [0.2, 0.25) is 10.0 Å². The Morgan fingerprint density at radius 3 is 2.25 bits per heavy atom. The number of fused-ring (bicyclic) bond motifs is 1. The fourth-order valence-electron chi connectivity index (χ4n) is 4.01. The van der Waals surface area contributed by atoms with E-state index in [1.54, 1.807) is 42.5 Å². The molecule has 0 fully saturated rings. The van der Waals surface area contributed by atoms with Gasteiger partial charge in [0.15, 0.2) is 5.78 Å². The maximum atomic E-state index is 13.5. The third-order valence-electron chi connectivity index (χ3n) is 5.49. The highest BCUT2D eigenvalue weighted by molar-refractivity contribution is 6.39. The normalized spacial score (nSPS) is 14.7. The van der Waals surface area contributed by atoms with E-state index in [9.17, 15) is 14.4 Å². The topological polar surface area (TPSA) is 78.3 Å². The van der Waals surface area contributed by atoms with Gasteiger partial charge in [-0.3, -0.25) is 9.59 Å². The van der Waals surface area contributed by atoms with Crippen LogP contribution < -0.4 is 0 Å². The van der Waals surface area contributed by atoms with Crippen LogP contribution in [0.3, 0.4) is 0 Å². The number of ether oxygens (including phenoxy) is 1. The predicted octanol–water partition coefficient (Wildman–Crippen LogP) is 5.49. The van der Waals surface area contributed by atoms with Crippen molar-refractivity contribution >= 4 is 40.9 Å². The molecule has 0 bridgehead atoms. The third-order valence-corrected chi connectivity index (χ3v) is 6.12. The quantitative estimate of drug-likeness (QED) is 0.473. The molecule has 1 aliphatic carbocycles. The summed E-state index contributed by atoms with van der Waals surface area (Å²) in [7, 11) is 1.31. The average Bonchev–Trinajstić information content (AvgIpc) is 3.11. The maximum absolute atomic E-state index is 13.5. The maximum Gasteiger partial charge on any atom is 0.337 e. The summed E-state index contributed by atoms with van der Waals surface area (Å²) in [6.07, 6.45) is 0.815. The molecule has 0 amide bonds. The van der Waals surface area contributed by atoms with Crippen molar-refractivity contribution in [2.75, 3.05) is 7.11 Å². The van der Waals surface area contributed by atoms with Gasteiger partial charge < -0.3 is 4.74 Å². The summed E-state index contributed by atoms with van der Waals surface area (Å²) in [4.78, 5) is 38.4. The van der Waals surface area contributed by atoms with Crippen LogP contribution in [0.1, 0.15) is 57.0 Å². The number of nitrogens with zero attached hydrogens (tertiary/aromatic N) is 2. The van der Waals surface area contributed by atoms with E-state index in [-0.39, 0.29) is 26.8 Å². The van der Waals surface area contributed by atoms with Crippen molar-refractivity contribution in [1.29, 1.82) is 0 Å². The monoisotopic (exact) mass is 470 g/mol. The largest absolute Gasteiger partial charge is 0.465 e. The van der Waals surface area contributed by atoms with Crippen LogP contribution in [-0.2, 0) is 11.2 Å². The second kappa shape index (κ2) is 8.19. The molecule has 1 heterocycles. The highest BCUT2D eigenvalue weighted by Gasteiger charge is 2.38. The molecule has 1 aliphatic rings. The first kappa shape index (κ1) is 22.2. The predicted molar refractivity (Wildman–Crippen MR) is 122 cm³/mol. The fourth-order valence-corrected chi connectivity index (χ4v) is 4.57. The second-order valence-electron chi connectivity index (χ2n) is 8.49. The highest BCUT2D eigenvalue weighted by Crippen LogP contribution is 2.40. The third kappa shape index (κ3) is 3.85. The zero-order valence-electron chi connectivity index (χ0n) is 17.7.